The summed E-state index contributed by atoms with van der Waals surface area (Å²) in [5.74, 6) is -1.81. The van der Waals surface area contributed by atoms with Gasteiger partial charge in [-0.15, -0.1) is 0 Å². The van der Waals surface area contributed by atoms with E-state index in [-0.39, 0.29) is 18.0 Å². The van der Waals surface area contributed by atoms with Crippen molar-refractivity contribution >= 4 is 5.91 Å². The molecule has 0 aromatic carbocycles. The molecule has 1 unspecified atom stereocenters. The molecule has 0 spiro atoms. The maximum atomic E-state index is 12.1. The molecule has 0 fully saturated rings. The van der Waals surface area contributed by atoms with Crippen molar-refractivity contribution in [2.45, 2.75) is 46.8 Å². The minimum absolute atomic E-state index is 0.0261. The van der Waals surface area contributed by atoms with Crippen LogP contribution < -0.4 is 5.32 Å². The number of likely N-dealkylation sites (N-methyl/N-ethyl adjacent to an activating group) is 2. The van der Waals surface area contributed by atoms with E-state index in [1.165, 1.54) is 0 Å². The Bertz CT molecular complexity index is 247. The first-order chi connectivity index (χ1) is 8.00. The Morgan fingerprint density at radius 1 is 1.22 bits per heavy atom. The second-order valence-electron chi connectivity index (χ2n) is 4.89. The van der Waals surface area contributed by atoms with Gasteiger partial charge in [0.15, 0.2) is 0 Å². The second kappa shape index (κ2) is 7.61. The average molecular weight is 270 g/mol. The van der Waals surface area contributed by atoms with Crippen LogP contribution in [0.25, 0.3) is 0 Å². The molecule has 0 rings (SSSR count). The Balaban J connectivity index is 0. The van der Waals surface area contributed by atoms with E-state index in [1.807, 2.05) is 34.6 Å². The van der Waals surface area contributed by atoms with Crippen molar-refractivity contribution in [1.29, 1.82) is 0 Å². The van der Waals surface area contributed by atoms with Crippen LogP contribution in [0.3, 0.4) is 0 Å². The van der Waals surface area contributed by atoms with Crippen LogP contribution in [0.4, 0.5) is 13.2 Å². The quantitative estimate of drug-likeness (QED) is 0.855. The van der Waals surface area contributed by atoms with Gasteiger partial charge in [-0.3, -0.25) is 4.79 Å². The Labute approximate surface area is 108 Å². The zero-order valence-electron chi connectivity index (χ0n) is 12.3. The summed E-state index contributed by atoms with van der Waals surface area (Å²) >= 11 is 0. The van der Waals surface area contributed by atoms with Gasteiger partial charge in [0.25, 0.3) is 0 Å². The summed E-state index contributed by atoms with van der Waals surface area (Å²) in [4.78, 5) is 11.6. The number of nitrogens with zero attached hydrogens (tertiary/aromatic N) is 1. The van der Waals surface area contributed by atoms with E-state index in [1.54, 1.807) is 7.05 Å². The highest BCUT2D eigenvalue weighted by Gasteiger charge is 2.42. The number of alkyl halides is 3. The summed E-state index contributed by atoms with van der Waals surface area (Å²) in [6.45, 7) is 9.73. The minimum Gasteiger partial charge on any atom is -0.336 e. The van der Waals surface area contributed by atoms with Crippen molar-refractivity contribution in [3.63, 3.8) is 0 Å². The van der Waals surface area contributed by atoms with Crippen molar-refractivity contribution in [2.75, 3.05) is 20.6 Å². The van der Waals surface area contributed by atoms with Gasteiger partial charge in [-0.1, -0.05) is 34.6 Å². The fraction of sp³-hybridized carbons (Fsp3) is 0.917. The van der Waals surface area contributed by atoms with E-state index < -0.39 is 12.1 Å². The molecule has 0 aliphatic heterocycles. The number of hydrogen-bond acceptors (Lipinski definition) is 2. The van der Waals surface area contributed by atoms with E-state index in [0.29, 0.717) is 4.90 Å². The van der Waals surface area contributed by atoms with Crippen LogP contribution in [0.15, 0.2) is 0 Å². The number of nitrogens with one attached hydrogen (secondary N) is 1. The third-order valence-corrected chi connectivity index (χ3v) is 2.44. The first-order valence-corrected chi connectivity index (χ1v) is 5.99. The van der Waals surface area contributed by atoms with Gasteiger partial charge in [-0.05, 0) is 12.5 Å². The molecule has 0 aliphatic rings. The van der Waals surface area contributed by atoms with Crippen LogP contribution in [0.2, 0.25) is 0 Å². The lowest BCUT2D eigenvalue weighted by atomic mass is 9.86. The van der Waals surface area contributed by atoms with Gasteiger partial charge in [0.2, 0.25) is 0 Å². The largest absolute Gasteiger partial charge is 0.471 e. The van der Waals surface area contributed by atoms with Crippen LogP contribution >= 0.6 is 0 Å². The first kappa shape index (κ1) is 19.6. The van der Waals surface area contributed by atoms with Gasteiger partial charge in [0, 0.05) is 19.6 Å². The molecular weight excluding hydrogens is 245 g/mol. The summed E-state index contributed by atoms with van der Waals surface area (Å²) in [6.07, 6.45) is -4.80. The van der Waals surface area contributed by atoms with Crippen molar-refractivity contribution in [3.05, 3.63) is 0 Å². The van der Waals surface area contributed by atoms with Crippen molar-refractivity contribution in [3.8, 4) is 0 Å². The highest BCUT2D eigenvalue weighted by Crippen LogP contribution is 2.22. The smallest absolute Gasteiger partial charge is 0.336 e. The molecule has 0 aromatic heterocycles. The third-order valence-electron chi connectivity index (χ3n) is 2.44. The standard InChI is InChI=1S/C10H19F3N2O.C2H6/c1-9(2,3)7(14-4)6-15(5)8(16)10(11,12)13;1-2/h7,14H,6H2,1-5H3;1-2H3. The molecule has 1 N–H and O–H groups in total. The van der Waals surface area contributed by atoms with E-state index in [9.17, 15) is 18.0 Å². The van der Waals surface area contributed by atoms with Gasteiger partial charge in [-0.2, -0.15) is 13.2 Å². The van der Waals surface area contributed by atoms with Crippen molar-refractivity contribution < 1.29 is 18.0 Å². The van der Waals surface area contributed by atoms with Crippen LogP contribution in [-0.4, -0.2) is 43.7 Å². The SMILES string of the molecule is CC.CNC(CN(C)C(=O)C(F)(F)F)C(C)(C)C. The summed E-state index contributed by atoms with van der Waals surface area (Å²) in [6, 6.07) is -0.191. The Morgan fingerprint density at radius 2 is 1.61 bits per heavy atom. The molecule has 0 aliphatic carbocycles. The molecule has 0 saturated carbocycles. The average Bonchev–Trinajstić information content (AvgIpc) is 2.24. The summed E-state index contributed by atoms with van der Waals surface area (Å²) in [5.41, 5.74) is -0.213. The summed E-state index contributed by atoms with van der Waals surface area (Å²) in [5, 5.41) is 2.92. The number of rotatable bonds is 3. The molecule has 0 bridgehead atoms. The molecule has 0 heterocycles. The molecule has 0 radical (unpaired) electrons. The molecule has 0 aromatic rings. The minimum atomic E-state index is -4.80. The number of amides is 1. The van der Waals surface area contributed by atoms with E-state index in [2.05, 4.69) is 5.32 Å². The van der Waals surface area contributed by atoms with Crippen LogP contribution in [0.1, 0.15) is 34.6 Å². The third kappa shape index (κ3) is 6.83. The normalized spacial score (nSPS) is 13.4. The van der Waals surface area contributed by atoms with E-state index in [4.69, 9.17) is 0 Å². The molecule has 0 saturated heterocycles. The van der Waals surface area contributed by atoms with Gasteiger partial charge in [-0.25, -0.2) is 0 Å². The van der Waals surface area contributed by atoms with Crippen molar-refractivity contribution in [1.82, 2.24) is 10.2 Å². The fourth-order valence-corrected chi connectivity index (χ4v) is 1.37. The van der Waals surface area contributed by atoms with E-state index >= 15 is 0 Å². The van der Waals surface area contributed by atoms with Gasteiger partial charge >= 0.3 is 12.1 Å². The second-order valence-corrected chi connectivity index (χ2v) is 4.89. The predicted octanol–water partition coefficient (Wildman–Crippen LogP) is 2.67. The monoisotopic (exact) mass is 270 g/mol. The molecule has 6 heteroatoms. The zero-order chi connectivity index (χ0) is 15.1. The highest BCUT2D eigenvalue weighted by atomic mass is 19.4. The summed E-state index contributed by atoms with van der Waals surface area (Å²) in [7, 11) is 2.83. The molecule has 3 nitrogen and oxygen atoms in total. The molecule has 18 heavy (non-hydrogen) atoms. The first-order valence-electron chi connectivity index (χ1n) is 5.99. The lowest BCUT2D eigenvalue weighted by Crippen LogP contribution is -2.50. The van der Waals surface area contributed by atoms with Crippen LogP contribution in [0.5, 0.6) is 0 Å². The maximum Gasteiger partial charge on any atom is 0.471 e. The van der Waals surface area contributed by atoms with Gasteiger partial charge < -0.3 is 10.2 Å². The topological polar surface area (TPSA) is 32.3 Å². The number of carbonyl (C=O) groups excluding carboxylic acids is 1. The van der Waals surface area contributed by atoms with Crippen LogP contribution in [-0.2, 0) is 4.79 Å². The maximum absolute atomic E-state index is 12.1. The molecule has 1 atom stereocenters. The Kier molecular flexibility index (Phi) is 8.27. The highest BCUT2D eigenvalue weighted by molar-refractivity contribution is 5.81. The Morgan fingerprint density at radius 3 is 1.83 bits per heavy atom. The lowest BCUT2D eigenvalue weighted by molar-refractivity contribution is -0.184. The number of halogens is 3. The van der Waals surface area contributed by atoms with E-state index in [0.717, 1.165) is 7.05 Å². The molecular formula is C12H25F3N2O. The molecule has 1 amide bonds. The summed E-state index contributed by atoms with van der Waals surface area (Å²) < 4.78 is 36.4. The van der Waals surface area contributed by atoms with Gasteiger partial charge in [0.1, 0.15) is 0 Å². The number of carbonyl (C=O) groups is 1. The van der Waals surface area contributed by atoms with Crippen molar-refractivity contribution in [2.24, 2.45) is 5.41 Å². The predicted molar refractivity (Wildman–Crippen MR) is 67.3 cm³/mol. The number of hydrogen-bond donors (Lipinski definition) is 1. The molecule has 110 valence electrons. The lowest BCUT2D eigenvalue weighted by Gasteiger charge is -2.33. The zero-order valence-corrected chi connectivity index (χ0v) is 12.3. The fourth-order valence-electron chi connectivity index (χ4n) is 1.37. The van der Waals surface area contributed by atoms with Crippen LogP contribution in [0, 0.1) is 5.41 Å². The Hall–Kier alpha value is -0.780. The van der Waals surface area contributed by atoms with Gasteiger partial charge in [0.05, 0.1) is 0 Å².